The van der Waals surface area contributed by atoms with Gasteiger partial charge in [0.1, 0.15) is 5.75 Å². The number of aromatic nitrogens is 2. The van der Waals surface area contributed by atoms with Crippen molar-refractivity contribution in [2.45, 2.75) is 13.8 Å². The number of rotatable bonds is 2. The molecule has 0 fully saturated rings. The van der Waals surface area contributed by atoms with Gasteiger partial charge in [-0.05, 0) is 37.3 Å². The lowest BCUT2D eigenvalue weighted by Gasteiger charge is -2.04. The summed E-state index contributed by atoms with van der Waals surface area (Å²) in [6, 6.07) is 9.44. The van der Waals surface area contributed by atoms with Crippen LogP contribution in [0.1, 0.15) is 17.4 Å². The molecule has 0 aliphatic heterocycles. The van der Waals surface area contributed by atoms with Crippen LogP contribution in [0.5, 0.6) is 5.75 Å². The Bertz CT molecular complexity index is 541. The van der Waals surface area contributed by atoms with Crippen LogP contribution < -0.4 is 4.74 Å². The van der Waals surface area contributed by atoms with Crippen LogP contribution in [0.15, 0.2) is 30.3 Å². The first-order chi connectivity index (χ1) is 8.11. The second-order valence-corrected chi connectivity index (χ2v) is 3.83. The van der Waals surface area contributed by atoms with Crippen molar-refractivity contribution >= 4 is 5.91 Å². The molecule has 4 heteroatoms. The number of carbonyl (C=O) groups is 1. The Kier molecular flexibility index (Phi) is 2.95. The van der Waals surface area contributed by atoms with Crippen LogP contribution in [-0.2, 0) is 0 Å². The molecule has 0 saturated heterocycles. The number of benzene rings is 1. The van der Waals surface area contributed by atoms with E-state index in [1.54, 1.807) is 7.11 Å². The highest BCUT2D eigenvalue weighted by atomic mass is 16.5. The molecule has 0 aliphatic carbocycles. The standard InChI is InChI=1S/C13H14N2O2/c1-9-8-13(15(14-9)10(2)16)11-4-6-12(17-3)7-5-11/h4-8H,1-3H3. The Morgan fingerprint density at radius 3 is 2.47 bits per heavy atom. The third-order valence-electron chi connectivity index (χ3n) is 2.52. The molecule has 0 saturated carbocycles. The Morgan fingerprint density at radius 2 is 1.94 bits per heavy atom. The monoisotopic (exact) mass is 230 g/mol. The van der Waals surface area contributed by atoms with Crippen molar-refractivity contribution in [1.29, 1.82) is 0 Å². The summed E-state index contributed by atoms with van der Waals surface area (Å²) >= 11 is 0. The number of ether oxygens (including phenoxy) is 1. The first kappa shape index (κ1) is 11.4. The van der Waals surface area contributed by atoms with Crippen molar-refractivity contribution in [2.75, 3.05) is 7.11 Å². The first-order valence-corrected chi connectivity index (χ1v) is 5.34. The Balaban J connectivity index is 2.48. The van der Waals surface area contributed by atoms with E-state index in [0.29, 0.717) is 0 Å². The number of methoxy groups -OCH3 is 1. The number of hydrogen-bond donors (Lipinski definition) is 0. The van der Waals surface area contributed by atoms with Crippen molar-refractivity contribution in [3.05, 3.63) is 36.0 Å². The number of carbonyl (C=O) groups excluding carboxylic acids is 1. The molecule has 0 spiro atoms. The minimum atomic E-state index is -0.0936. The second kappa shape index (κ2) is 4.41. The van der Waals surface area contributed by atoms with Crippen LogP contribution in [-0.4, -0.2) is 22.8 Å². The average Bonchev–Trinajstić information content (AvgIpc) is 2.72. The van der Waals surface area contributed by atoms with E-state index in [0.717, 1.165) is 22.7 Å². The van der Waals surface area contributed by atoms with Crippen molar-refractivity contribution in [3.63, 3.8) is 0 Å². The Labute approximate surface area is 99.8 Å². The predicted octanol–water partition coefficient (Wildman–Crippen LogP) is 2.53. The number of hydrogen-bond acceptors (Lipinski definition) is 3. The SMILES string of the molecule is COc1ccc(-c2cc(C)nn2C(C)=O)cc1. The van der Waals surface area contributed by atoms with Gasteiger partial charge in [0.25, 0.3) is 0 Å². The molecule has 0 bridgehead atoms. The maximum absolute atomic E-state index is 11.5. The fraction of sp³-hybridized carbons (Fsp3) is 0.231. The minimum Gasteiger partial charge on any atom is -0.497 e. The zero-order valence-corrected chi connectivity index (χ0v) is 10.1. The van der Waals surface area contributed by atoms with Gasteiger partial charge >= 0.3 is 0 Å². The van der Waals surface area contributed by atoms with Crippen LogP contribution >= 0.6 is 0 Å². The van der Waals surface area contributed by atoms with Gasteiger partial charge in [0, 0.05) is 12.5 Å². The molecule has 0 radical (unpaired) electrons. The molecule has 0 unspecified atom stereocenters. The Hall–Kier alpha value is -2.10. The van der Waals surface area contributed by atoms with Crippen LogP contribution in [0.3, 0.4) is 0 Å². The van der Waals surface area contributed by atoms with E-state index in [1.165, 1.54) is 11.6 Å². The van der Waals surface area contributed by atoms with E-state index in [4.69, 9.17) is 4.74 Å². The lowest BCUT2D eigenvalue weighted by molar-refractivity contribution is 0.0923. The molecule has 2 rings (SSSR count). The summed E-state index contributed by atoms with van der Waals surface area (Å²) in [6.45, 7) is 3.37. The lowest BCUT2D eigenvalue weighted by Crippen LogP contribution is -2.09. The van der Waals surface area contributed by atoms with E-state index in [1.807, 2.05) is 37.3 Å². The van der Waals surface area contributed by atoms with Crippen molar-refractivity contribution < 1.29 is 9.53 Å². The Morgan fingerprint density at radius 1 is 1.29 bits per heavy atom. The summed E-state index contributed by atoms with van der Waals surface area (Å²) < 4.78 is 6.51. The molecule has 1 aromatic heterocycles. The lowest BCUT2D eigenvalue weighted by atomic mass is 10.1. The van der Waals surface area contributed by atoms with E-state index < -0.39 is 0 Å². The maximum Gasteiger partial charge on any atom is 0.244 e. The third-order valence-corrected chi connectivity index (χ3v) is 2.52. The van der Waals surface area contributed by atoms with Gasteiger partial charge in [-0.1, -0.05) is 0 Å². The number of aryl methyl sites for hydroxylation is 1. The van der Waals surface area contributed by atoms with E-state index >= 15 is 0 Å². The van der Waals surface area contributed by atoms with Crippen molar-refractivity contribution in [2.24, 2.45) is 0 Å². The summed E-state index contributed by atoms with van der Waals surface area (Å²) in [5, 5.41) is 4.16. The van der Waals surface area contributed by atoms with Crippen molar-refractivity contribution in [3.8, 4) is 17.0 Å². The van der Waals surface area contributed by atoms with Gasteiger partial charge in [-0.15, -0.1) is 0 Å². The van der Waals surface area contributed by atoms with Gasteiger partial charge in [0.2, 0.25) is 5.91 Å². The van der Waals surface area contributed by atoms with Crippen LogP contribution in [0.2, 0.25) is 0 Å². The van der Waals surface area contributed by atoms with Crippen molar-refractivity contribution in [1.82, 2.24) is 9.78 Å². The van der Waals surface area contributed by atoms with E-state index in [9.17, 15) is 4.79 Å². The molecule has 17 heavy (non-hydrogen) atoms. The predicted molar refractivity (Wildman–Crippen MR) is 65.3 cm³/mol. The van der Waals surface area contributed by atoms with Gasteiger partial charge in [-0.3, -0.25) is 4.79 Å². The van der Waals surface area contributed by atoms with Gasteiger partial charge in [0.05, 0.1) is 18.5 Å². The number of nitrogens with zero attached hydrogens (tertiary/aromatic N) is 2. The summed E-state index contributed by atoms with van der Waals surface area (Å²) in [5.41, 5.74) is 2.57. The fourth-order valence-electron chi connectivity index (χ4n) is 1.71. The summed E-state index contributed by atoms with van der Waals surface area (Å²) in [7, 11) is 1.62. The molecule has 1 aromatic carbocycles. The quantitative estimate of drug-likeness (QED) is 0.796. The third kappa shape index (κ3) is 2.20. The molecule has 0 amide bonds. The molecule has 0 atom stereocenters. The molecule has 1 heterocycles. The minimum absolute atomic E-state index is 0.0936. The maximum atomic E-state index is 11.5. The summed E-state index contributed by atoms with van der Waals surface area (Å²) in [4.78, 5) is 11.5. The molecular formula is C13H14N2O2. The molecule has 4 nitrogen and oxygen atoms in total. The smallest absolute Gasteiger partial charge is 0.244 e. The highest BCUT2D eigenvalue weighted by molar-refractivity contribution is 5.81. The van der Waals surface area contributed by atoms with E-state index in [2.05, 4.69) is 5.10 Å². The van der Waals surface area contributed by atoms with E-state index in [-0.39, 0.29) is 5.91 Å². The average molecular weight is 230 g/mol. The first-order valence-electron chi connectivity index (χ1n) is 5.34. The molecule has 2 aromatic rings. The molecule has 0 aliphatic rings. The molecular weight excluding hydrogens is 216 g/mol. The second-order valence-electron chi connectivity index (χ2n) is 3.83. The fourth-order valence-corrected chi connectivity index (χ4v) is 1.71. The molecule has 88 valence electrons. The highest BCUT2D eigenvalue weighted by Gasteiger charge is 2.10. The van der Waals surface area contributed by atoms with Crippen LogP contribution in [0.4, 0.5) is 0 Å². The normalized spacial score (nSPS) is 10.3. The van der Waals surface area contributed by atoms with Gasteiger partial charge in [-0.2, -0.15) is 5.10 Å². The summed E-state index contributed by atoms with van der Waals surface area (Å²) in [6.07, 6.45) is 0. The highest BCUT2D eigenvalue weighted by Crippen LogP contribution is 2.23. The largest absolute Gasteiger partial charge is 0.497 e. The zero-order chi connectivity index (χ0) is 12.4. The van der Waals surface area contributed by atoms with Gasteiger partial charge in [-0.25, -0.2) is 4.68 Å². The summed E-state index contributed by atoms with van der Waals surface area (Å²) in [5.74, 6) is 0.697. The molecule has 0 N–H and O–H groups in total. The van der Waals surface area contributed by atoms with Crippen LogP contribution in [0.25, 0.3) is 11.3 Å². The zero-order valence-electron chi connectivity index (χ0n) is 10.1. The van der Waals surface area contributed by atoms with Crippen LogP contribution in [0, 0.1) is 6.92 Å². The van der Waals surface area contributed by atoms with Gasteiger partial charge in [0.15, 0.2) is 0 Å². The topological polar surface area (TPSA) is 44.1 Å². The van der Waals surface area contributed by atoms with Gasteiger partial charge < -0.3 is 4.74 Å².